The van der Waals surface area contributed by atoms with E-state index >= 15 is 0 Å². The molecule has 0 aliphatic heterocycles. The molecule has 0 saturated heterocycles. The lowest BCUT2D eigenvalue weighted by molar-refractivity contribution is -0.117. The van der Waals surface area contributed by atoms with Crippen LogP contribution in [-0.4, -0.2) is 27.2 Å². The monoisotopic (exact) mass is 450 g/mol. The lowest BCUT2D eigenvalue weighted by Gasteiger charge is -2.12. The largest absolute Gasteiger partial charge is 0.351 e. The molecule has 0 radical (unpaired) electrons. The second-order valence-corrected chi connectivity index (χ2v) is 8.80. The van der Waals surface area contributed by atoms with Gasteiger partial charge in [-0.2, -0.15) is 0 Å². The van der Waals surface area contributed by atoms with E-state index in [0.717, 1.165) is 27.8 Å². The van der Waals surface area contributed by atoms with Crippen molar-refractivity contribution in [1.29, 1.82) is 0 Å². The number of hydrogen-bond donors (Lipinski definition) is 2. The molecule has 3 amide bonds. The van der Waals surface area contributed by atoms with Crippen LogP contribution < -0.4 is 16.6 Å². The van der Waals surface area contributed by atoms with E-state index in [9.17, 15) is 14.4 Å². The van der Waals surface area contributed by atoms with Gasteiger partial charge in [-0.25, -0.2) is 9.78 Å². The van der Waals surface area contributed by atoms with Crippen LogP contribution in [0.15, 0.2) is 70.6 Å². The lowest BCUT2D eigenvalue weighted by Crippen LogP contribution is -2.36. The Hall–Kier alpha value is -3.43. The van der Waals surface area contributed by atoms with Crippen molar-refractivity contribution in [2.75, 3.05) is 5.75 Å². The summed E-state index contributed by atoms with van der Waals surface area (Å²) >= 11 is 2.51. The van der Waals surface area contributed by atoms with Crippen LogP contribution >= 0.6 is 23.1 Å². The normalized spacial score (nSPS) is 10.9. The third-order valence-electron chi connectivity index (χ3n) is 4.54. The summed E-state index contributed by atoms with van der Waals surface area (Å²) in [6, 6.07) is 18.0. The predicted octanol–water partition coefficient (Wildman–Crippen LogP) is 3.71. The minimum Gasteiger partial charge on any atom is -0.351 e. The number of carbonyl (C=O) groups excluding carboxylic acids is 2. The van der Waals surface area contributed by atoms with E-state index in [1.54, 1.807) is 0 Å². The summed E-state index contributed by atoms with van der Waals surface area (Å²) in [5.41, 5.74) is 7.25. The van der Waals surface area contributed by atoms with Gasteiger partial charge in [-0.05, 0) is 24.6 Å². The highest BCUT2D eigenvalue weighted by Gasteiger charge is 2.21. The number of aromatic nitrogens is 2. The number of benzene rings is 2. The van der Waals surface area contributed by atoms with Crippen LogP contribution in [0.25, 0.3) is 27.0 Å². The highest BCUT2D eigenvalue weighted by molar-refractivity contribution is 7.99. The van der Waals surface area contributed by atoms with E-state index in [4.69, 9.17) is 10.7 Å². The van der Waals surface area contributed by atoms with Gasteiger partial charge in [-0.1, -0.05) is 60.3 Å². The number of primary amides is 1. The molecule has 0 bridgehead atoms. The third kappa shape index (κ3) is 4.23. The molecule has 3 N–H and O–H groups in total. The topological polar surface area (TPSA) is 107 Å². The maximum atomic E-state index is 13.7. The Kier molecular flexibility index (Phi) is 5.88. The van der Waals surface area contributed by atoms with Gasteiger partial charge in [0.2, 0.25) is 5.91 Å². The molecule has 0 aliphatic rings. The summed E-state index contributed by atoms with van der Waals surface area (Å²) in [5.74, 6) is -0.664. The maximum Gasteiger partial charge on any atom is 0.318 e. The summed E-state index contributed by atoms with van der Waals surface area (Å²) in [6.45, 7) is 1.97. The van der Waals surface area contributed by atoms with Crippen LogP contribution in [0.3, 0.4) is 0 Å². The van der Waals surface area contributed by atoms with E-state index in [1.807, 2.05) is 72.9 Å². The Morgan fingerprint density at radius 3 is 2.39 bits per heavy atom. The number of imide groups is 1. The smallest absolute Gasteiger partial charge is 0.318 e. The van der Waals surface area contributed by atoms with Crippen molar-refractivity contribution in [2.24, 2.45) is 5.73 Å². The average molecular weight is 451 g/mol. The zero-order chi connectivity index (χ0) is 22.0. The number of nitrogens with zero attached hydrogens (tertiary/aromatic N) is 2. The highest BCUT2D eigenvalue weighted by atomic mass is 32.2. The molecule has 0 saturated carbocycles. The molecule has 0 atom stereocenters. The number of thioether (sulfide) groups is 1. The number of aryl methyl sites for hydroxylation is 1. The van der Waals surface area contributed by atoms with E-state index in [1.165, 1.54) is 15.9 Å². The van der Waals surface area contributed by atoms with Crippen molar-refractivity contribution in [3.05, 3.63) is 75.9 Å². The molecule has 4 rings (SSSR count). The van der Waals surface area contributed by atoms with Gasteiger partial charge in [0.05, 0.1) is 16.8 Å². The Labute approximate surface area is 185 Å². The standard InChI is InChI=1S/C22H18N4O3S2/c1-13-17(14-8-4-2-5-9-14)18-19(31-13)25-22(30-12-16(27)24-21(23)29)26(20(18)28)15-10-6-3-7-11-15/h2-11H,12H2,1H3,(H3,23,24,27,29). The minimum atomic E-state index is -0.921. The van der Waals surface area contributed by atoms with Gasteiger partial charge in [-0.15, -0.1) is 11.3 Å². The maximum absolute atomic E-state index is 13.7. The van der Waals surface area contributed by atoms with E-state index in [0.29, 0.717) is 21.1 Å². The van der Waals surface area contributed by atoms with Gasteiger partial charge in [0.15, 0.2) is 5.16 Å². The number of para-hydroxylation sites is 1. The molecule has 156 valence electrons. The summed E-state index contributed by atoms with van der Waals surface area (Å²) in [4.78, 5) is 42.9. The molecule has 0 aliphatic carbocycles. The van der Waals surface area contributed by atoms with Crippen LogP contribution in [0, 0.1) is 6.92 Å². The van der Waals surface area contributed by atoms with Crippen molar-refractivity contribution in [2.45, 2.75) is 12.1 Å². The second kappa shape index (κ2) is 8.75. The Morgan fingerprint density at radius 1 is 1.10 bits per heavy atom. The first kappa shape index (κ1) is 20.8. The Morgan fingerprint density at radius 2 is 1.74 bits per heavy atom. The number of thiophene rings is 1. The first-order chi connectivity index (χ1) is 15.0. The first-order valence-corrected chi connectivity index (χ1v) is 11.1. The van der Waals surface area contributed by atoms with Gasteiger partial charge in [0, 0.05) is 10.4 Å². The summed E-state index contributed by atoms with van der Waals surface area (Å²) in [6.07, 6.45) is 0. The number of amides is 3. The van der Waals surface area contributed by atoms with Crippen molar-refractivity contribution in [3.8, 4) is 16.8 Å². The summed E-state index contributed by atoms with van der Waals surface area (Å²) in [5, 5.41) is 2.94. The molecule has 7 nitrogen and oxygen atoms in total. The quantitative estimate of drug-likeness (QED) is 0.356. The fourth-order valence-corrected chi connectivity index (χ4v) is 5.20. The first-order valence-electron chi connectivity index (χ1n) is 9.35. The zero-order valence-electron chi connectivity index (χ0n) is 16.5. The average Bonchev–Trinajstić information content (AvgIpc) is 3.09. The van der Waals surface area contributed by atoms with Crippen molar-refractivity contribution < 1.29 is 9.59 Å². The molecule has 2 heterocycles. The number of urea groups is 1. The van der Waals surface area contributed by atoms with E-state index < -0.39 is 11.9 Å². The predicted molar refractivity (Wildman–Crippen MR) is 124 cm³/mol. The third-order valence-corrected chi connectivity index (χ3v) is 6.48. The van der Waals surface area contributed by atoms with Gasteiger partial charge in [-0.3, -0.25) is 19.5 Å². The van der Waals surface area contributed by atoms with Gasteiger partial charge in [0.1, 0.15) is 4.83 Å². The van der Waals surface area contributed by atoms with E-state index in [-0.39, 0.29) is 11.3 Å². The Bertz CT molecular complexity index is 1330. The van der Waals surface area contributed by atoms with Crippen LogP contribution in [0.1, 0.15) is 4.88 Å². The molecular weight excluding hydrogens is 432 g/mol. The number of hydrogen-bond acceptors (Lipinski definition) is 6. The molecular formula is C22H18N4O3S2. The number of carbonyl (C=O) groups is 2. The number of nitrogens with one attached hydrogen (secondary N) is 1. The molecule has 0 unspecified atom stereocenters. The van der Waals surface area contributed by atoms with Crippen LogP contribution in [0.2, 0.25) is 0 Å². The summed E-state index contributed by atoms with van der Waals surface area (Å²) < 4.78 is 1.50. The second-order valence-electron chi connectivity index (χ2n) is 6.65. The van der Waals surface area contributed by atoms with Crippen molar-refractivity contribution in [3.63, 3.8) is 0 Å². The number of rotatable bonds is 5. The zero-order valence-corrected chi connectivity index (χ0v) is 18.1. The molecule has 2 aromatic carbocycles. The molecule has 0 fully saturated rings. The molecule has 0 spiro atoms. The van der Waals surface area contributed by atoms with Crippen LogP contribution in [0.4, 0.5) is 4.79 Å². The SMILES string of the molecule is Cc1sc2nc(SCC(=O)NC(N)=O)n(-c3ccccc3)c(=O)c2c1-c1ccccc1. The van der Waals surface area contributed by atoms with E-state index in [2.05, 4.69) is 0 Å². The molecule has 9 heteroatoms. The highest BCUT2D eigenvalue weighted by Crippen LogP contribution is 2.36. The van der Waals surface area contributed by atoms with Crippen LogP contribution in [0.5, 0.6) is 0 Å². The minimum absolute atomic E-state index is 0.108. The summed E-state index contributed by atoms with van der Waals surface area (Å²) in [7, 11) is 0. The molecule has 4 aromatic rings. The molecule has 31 heavy (non-hydrogen) atoms. The van der Waals surface area contributed by atoms with Crippen molar-refractivity contribution in [1.82, 2.24) is 14.9 Å². The Balaban J connectivity index is 1.91. The van der Waals surface area contributed by atoms with Crippen molar-refractivity contribution >= 4 is 45.3 Å². The fraction of sp³-hybridized carbons (Fsp3) is 0.0909. The number of fused-ring (bicyclic) bond motifs is 1. The lowest BCUT2D eigenvalue weighted by atomic mass is 10.0. The van der Waals surface area contributed by atoms with Gasteiger partial charge >= 0.3 is 6.03 Å². The van der Waals surface area contributed by atoms with Gasteiger partial charge in [0.25, 0.3) is 5.56 Å². The fourth-order valence-electron chi connectivity index (χ4n) is 3.30. The number of nitrogens with two attached hydrogens (primary N) is 1. The van der Waals surface area contributed by atoms with Gasteiger partial charge < -0.3 is 5.73 Å². The van der Waals surface area contributed by atoms with Crippen LogP contribution in [-0.2, 0) is 4.79 Å². The molecule has 2 aromatic heterocycles.